The summed E-state index contributed by atoms with van der Waals surface area (Å²) in [5.74, 6) is 0. The lowest BCUT2D eigenvalue weighted by molar-refractivity contribution is 0.0117. The van der Waals surface area contributed by atoms with Gasteiger partial charge >= 0.3 is 0 Å². The Morgan fingerprint density at radius 2 is 1.81 bits per heavy atom. The molecule has 1 unspecified atom stereocenters. The number of ether oxygens (including phenoxy) is 1. The molecular formula is C18H32N2O. The van der Waals surface area contributed by atoms with Crippen LogP contribution in [-0.2, 0) is 4.74 Å². The van der Waals surface area contributed by atoms with E-state index >= 15 is 0 Å². The molecule has 0 radical (unpaired) electrons. The lowest BCUT2D eigenvalue weighted by Crippen LogP contribution is -2.28. The predicted molar refractivity (Wildman–Crippen MR) is 92.1 cm³/mol. The number of benzene rings is 1. The largest absolute Gasteiger partial charge is 0.379 e. The van der Waals surface area contributed by atoms with E-state index in [2.05, 4.69) is 69.3 Å². The second-order valence-electron chi connectivity index (χ2n) is 6.50. The van der Waals surface area contributed by atoms with Crippen LogP contribution in [0.4, 0.5) is 5.69 Å². The van der Waals surface area contributed by atoms with Crippen molar-refractivity contribution in [2.75, 3.05) is 32.6 Å². The highest BCUT2D eigenvalue weighted by atomic mass is 16.5. The third-order valence-corrected chi connectivity index (χ3v) is 4.04. The fourth-order valence-electron chi connectivity index (χ4n) is 2.30. The van der Waals surface area contributed by atoms with Gasteiger partial charge in [0.1, 0.15) is 0 Å². The molecule has 0 aliphatic heterocycles. The minimum absolute atomic E-state index is 0.0598. The van der Waals surface area contributed by atoms with E-state index in [1.54, 1.807) is 7.11 Å². The molecule has 0 spiro atoms. The van der Waals surface area contributed by atoms with Gasteiger partial charge in [0.15, 0.2) is 0 Å². The van der Waals surface area contributed by atoms with Crippen LogP contribution in [-0.4, -0.2) is 33.4 Å². The molecule has 3 heteroatoms. The number of rotatable bonds is 9. The van der Waals surface area contributed by atoms with Crippen molar-refractivity contribution in [1.82, 2.24) is 5.32 Å². The first-order chi connectivity index (χ1) is 9.89. The summed E-state index contributed by atoms with van der Waals surface area (Å²) in [7, 11) is 5.94. The van der Waals surface area contributed by atoms with Gasteiger partial charge in [-0.05, 0) is 57.4 Å². The summed E-state index contributed by atoms with van der Waals surface area (Å²) >= 11 is 0. The van der Waals surface area contributed by atoms with Gasteiger partial charge in [0.05, 0.1) is 5.60 Å². The van der Waals surface area contributed by atoms with Crippen molar-refractivity contribution in [3.05, 3.63) is 29.8 Å². The molecule has 0 saturated heterocycles. The Balaban J connectivity index is 2.76. The van der Waals surface area contributed by atoms with Crippen molar-refractivity contribution >= 4 is 5.69 Å². The Kier molecular flexibility index (Phi) is 7.20. The van der Waals surface area contributed by atoms with E-state index < -0.39 is 0 Å². The van der Waals surface area contributed by atoms with E-state index in [0.717, 1.165) is 25.8 Å². The molecule has 3 nitrogen and oxygen atoms in total. The lowest BCUT2D eigenvalue weighted by atomic mass is 9.94. The summed E-state index contributed by atoms with van der Waals surface area (Å²) in [4.78, 5) is 2.13. The molecule has 120 valence electrons. The molecule has 0 aliphatic rings. The highest BCUT2D eigenvalue weighted by Crippen LogP contribution is 2.26. The van der Waals surface area contributed by atoms with Crippen molar-refractivity contribution < 1.29 is 4.74 Å². The summed E-state index contributed by atoms with van der Waals surface area (Å²) in [5, 5.41) is 3.66. The van der Waals surface area contributed by atoms with Gasteiger partial charge in [0.2, 0.25) is 0 Å². The molecular weight excluding hydrogens is 260 g/mol. The van der Waals surface area contributed by atoms with Crippen molar-refractivity contribution in [3.63, 3.8) is 0 Å². The topological polar surface area (TPSA) is 24.5 Å². The SMILES string of the molecule is CCCNC(CCC(C)(C)OC)c1ccc(N(C)C)cc1. The highest BCUT2D eigenvalue weighted by molar-refractivity contribution is 5.46. The van der Waals surface area contributed by atoms with Crippen molar-refractivity contribution in [2.24, 2.45) is 0 Å². The Bertz CT molecular complexity index is 398. The zero-order valence-corrected chi connectivity index (χ0v) is 14.6. The van der Waals surface area contributed by atoms with Crippen LogP contribution in [0.1, 0.15) is 51.6 Å². The standard InChI is InChI=1S/C18H32N2O/c1-7-14-19-17(12-13-18(2,3)21-6)15-8-10-16(11-9-15)20(4)5/h8-11,17,19H,7,12-14H2,1-6H3. The summed E-state index contributed by atoms with van der Waals surface area (Å²) in [6, 6.07) is 9.26. The highest BCUT2D eigenvalue weighted by Gasteiger charge is 2.20. The molecule has 0 saturated carbocycles. The molecule has 1 atom stereocenters. The Morgan fingerprint density at radius 3 is 2.29 bits per heavy atom. The first-order valence-corrected chi connectivity index (χ1v) is 7.95. The van der Waals surface area contributed by atoms with E-state index in [9.17, 15) is 0 Å². The summed E-state index contributed by atoms with van der Waals surface area (Å²) in [6.45, 7) is 7.56. The molecule has 21 heavy (non-hydrogen) atoms. The van der Waals surface area contributed by atoms with Crippen LogP contribution in [0.15, 0.2) is 24.3 Å². The second-order valence-corrected chi connectivity index (χ2v) is 6.50. The third-order valence-electron chi connectivity index (χ3n) is 4.04. The zero-order valence-electron chi connectivity index (χ0n) is 14.6. The van der Waals surface area contributed by atoms with Crippen LogP contribution in [0.3, 0.4) is 0 Å². The monoisotopic (exact) mass is 292 g/mol. The number of nitrogens with zero attached hydrogens (tertiary/aromatic N) is 1. The molecule has 0 aliphatic carbocycles. The van der Waals surface area contributed by atoms with Gasteiger partial charge in [-0.15, -0.1) is 0 Å². The average molecular weight is 292 g/mol. The minimum atomic E-state index is -0.0598. The number of nitrogens with one attached hydrogen (secondary N) is 1. The smallest absolute Gasteiger partial charge is 0.0623 e. The number of methoxy groups -OCH3 is 1. The molecule has 0 amide bonds. The summed E-state index contributed by atoms with van der Waals surface area (Å²) in [5.41, 5.74) is 2.54. The zero-order chi connectivity index (χ0) is 15.9. The van der Waals surface area contributed by atoms with E-state index in [1.165, 1.54) is 11.3 Å². The van der Waals surface area contributed by atoms with Crippen LogP contribution < -0.4 is 10.2 Å². The number of hydrogen-bond donors (Lipinski definition) is 1. The van der Waals surface area contributed by atoms with Crippen LogP contribution in [0.25, 0.3) is 0 Å². The van der Waals surface area contributed by atoms with E-state index in [0.29, 0.717) is 6.04 Å². The summed E-state index contributed by atoms with van der Waals surface area (Å²) in [6.07, 6.45) is 3.28. The van der Waals surface area contributed by atoms with E-state index in [1.807, 2.05) is 0 Å². The minimum Gasteiger partial charge on any atom is -0.379 e. The third kappa shape index (κ3) is 6.06. The quantitative estimate of drug-likeness (QED) is 0.744. The summed E-state index contributed by atoms with van der Waals surface area (Å²) < 4.78 is 5.54. The molecule has 1 aromatic rings. The van der Waals surface area contributed by atoms with E-state index in [4.69, 9.17) is 4.74 Å². The molecule has 1 rings (SSSR count). The second kappa shape index (κ2) is 8.40. The molecule has 0 bridgehead atoms. The van der Waals surface area contributed by atoms with Crippen molar-refractivity contribution in [1.29, 1.82) is 0 Å². The fourth-order valence-corrected chi connectivity index (χ4v) is 2.30. The first kappa shape index (κ1) is 18.0. The maximum atomic E-state index is 5.54. The maximum absolute atomic E-state index is 5.54. The molecule has 0 fully saturated rings. The van der Waals surface area contributed by atoms with Crippen LogP contribution in [0.2, 0.25) is 0 Å². The Labute approximate surface area is 130 Å². The van der Waals surface area contributed by atoms with Crippen LogP contribution in [0, 0.1) is 0 Å². The first-order valence-electron chi connectivity index (χ1n) is 7.95. The van der Waals surface area contributed by atoms with Gasteiger partial charge in [0.25, 0.3) is 0 Å². The molecule has 1 N–H and O–H groups in total. The van der Waals surface area contributed by atoms with Crippen LogP contribution >= 0.6 is 0 Å². The van der Waals surface area contributed by atoms with Gasteiger partial charge in [-0.1, -0.05) is 19.1 Å². The predicted octanol–water partition coefficient (Wildman–Crippen LogP) is 4.00. The van der Waals surface area contributed by atoms with E-state index in [-0.39, 0.29) is 5.60 Å². The van der Waals surface area contributed by atoms with Crippen molar-refractivity contribution in [3.8, 4) is 0 Å². The van der Waals surface area contributed by atoms with Gasteiger partial charge in [-0.2, -0.15) is 0 Å². The Hall–Kier alpha value is -1.06. The van der Waals surface area contributed by atoms with Gasteiger partial charge < -0.3 is 15.0 Å². The normalized spacial score (nSPS) is 13.2. The average Bonchev–Trinajstić information content (AvgIpc) is 2.47. The number of anilines is 1. The van der Waals surface area contributed by atoms with Crippen LogP contribution in [0.5, 0.6) is 0 Å². The molecule has 0 heterocycles. The molecule has 1 aromatic carbocycles. The van der Waals surface area contributed by atoms with Gasteiger partial charge in [0, 0.05) is 32.9 Å². The number of hydrogen-bond acceptors (Lipinski definition) is 3. The maximum Gasteiger partial charge on any atom is 0.0623 e. The van der Waals surface area contributed by atoms with Gasteiger partial charge in [-0.25, -0.2) is 0 Å². The Morgan fingerprint density at radius 1 is 1.19 bits per heavy atom. The van der Waals surface area contributed by atoms with Crippen molar-refractivity contribution in [2.45, 2.75) is 51.7 Å². The lowest BCUT2D eigenvalue weighted by Gasteiger charge is -2.27. The molecule has 0 aromatic heterocycles. The van der Waals surface area contributed by atoms with Gasteiger partial charge in [-0.3, -0.25) is 0 Å². The fraction of sp³-hybridized carbons (Fsp3) is 0.667.